The Bertz CT molecular complexity index is 762. The zero-order chi connectivity index (χ0) is 17.5. The molecule has 8 heteroatoms. The summed E-state index contributed by atoms with van der Waals surface area (Å²) in [5.41, 5.74) is 0.402. The summed E-state index contributed by atoms with van der Waals surface area (Å²) in [6.07, 6.45) is 0.442. The Hall–Kier alpha value is -3.29. The molecule has 0 unspecified atom stereocenters. The van der Waals surface area contributed by atoms with E-state index in [0.29, 0.717) is 13.0 Å². The van der Waals surface area contributed by atoms with E-state index >= 15 is 0 Å². The van der Waals surface area contributed by atoms with E-state index in [4.69, 9.17) is 0 Å². The average Bonchev–Trinajstić information content (AvgIpc) is 2.55. The first-order valence-electron chi connectivity index (χ1n) is 7.19. The second-order valence-corrected chi connectivity index (χ2v) is 5.09. The van der Waals surface area contributed by atoms with E-state index in [2.05, 4.69) is 5.32 Å². The van der Waals surface area contributed by atoms with Crippen LogP contribution in [0.3, 0.4) is 0 Å². The minimum atomic E-state index is -0.723. The summed E-state index contributed by atoms with van der Waals surface area (Å²) in [6.45, 7) is 0.406. The highest BCUT2D eigenvalue weighted by atomic mass is 16.6. The van der Waals surface area contributed by atoms with Crippen molar-refractivity contribution in [2.24, 2.45) is 0 Å². The SMILES string of the molecule is O=C(Cc1ccc([N+](=O)[O-])cc1[N+](=O)[O-])NCCc1ccccc1. The molecule has 8 nitrogen and oxygen atoms in total. The molecule has 0 aliphatic rings. The van der Waals surface area contributed by atoms with Crippen molar-refractivity contribution in [2.45, 2.75) is 12.8 Å². The van der Waals surface area contributed by atoms with Crippen LogP contribution in [0.25, 0.3) is 0 Å². The average molecular weight is 329 g/mol. The maximum Gasteiger partial charge on any atom is 0.279 e. The van der Waals surface area contributed by atoms with E-state index in [0.717, 1.165) is 17.7 Å². The van der Waals surface area contributed by atoms with Crippen LogP contribution in [0.2, 0.25) is 0 Å². The van der Waals surface area contributed by atoms with Crippen molar-refractivity contribution in [3.63, 3.8) is 0 Å². The van der Waals surface area contributed by atoms with Crippen molar-refractivity contribution >= 4 is 17.3 Å². The van der Waals surface area contributed by atoms with Crippen molar-refractivity contribution in [1.29, 1.82) is 0 Å². The highest BCUT2D eigenvalue weighted by Gasteiger charge is 2.20. The van der Waals surface area contributed by atoms with Crippen LogP contribution in [0.5, 0.6) is 0 Å². The predicted molar refractivity (Wildman–Crippen MR) is 86.6 cm³/mol. The first-order valence-corrected chi connectivity index (χ1v) is 7.19. The minimum Gasteiger partial charge on any atom is -0.355 e. The summed E-state index contributed by atoms with van der Waals surface area (Å²) in [6, 6.07) is 12.8. The fourth-order valence-corrected chi connectivity index (χ4v) is 2.21. The van der Waals surface area contributed by atoms with Crippen molar-refractivity contribution < 1.29 is 14.6 Å². The first-order chi connectivity index (χ1) is 11.5. The largest absolute Gasteiger partial charge is 0.355 e. The van der Waals surface area contributed by atoms with Crippen LogP contribution >= 0.6 is 0 Å². The van der Waals surface area contributed by atoms with Gasteiger partial charge in [-0.15, -0.1) is 0 Å². The number of carbonyl (C=O) groups excluding carboxylic acids is 1. The van der Waals surface area contributed by atoms with Gasteiger partial charge in [0.05, 0.1) is 22.3 Å². The van der Waals surface area contributed by atoms with Crippen LogP contribution in [-0.4, -0.2) is 22.3 Å². The maximum atomic E-state index is 11.9. The normalized spacial score (nSPS) is 10.2. The van der Waals surface area contributed by atoms with E-state index in [1.807, 2.05) is 30.3 Å². The van der Waals surface area contributed by atoms with Gasteiger partial charge in [-0.3, -0.25) is 25.0 Å². The van der Waals surface area contributed by atoms with Gasteiger partial charge < -0.3 is 5.32 Å². The summed E-state index contributed by atoms with van der Waals surface area (Å²) in [4.78, 5) is 32.2. The fraction of sp³-hybridized carbons (Fsp3) is 0.188. The van der Waals surface area contributed by atoms with Crippen LogP contribution in [-0.2, 0) is 17.6 Å². The second kappa shape index (κ2) is 7.82. The van der Waals surface area contributed by atoms with E-state index in [9.17, 15) is 25.0 Å². The lowest BCUT2D eigenvalue weighted by atomic mass is 10.1. The number of hydrogen-bond acceptors (Lipinski definition) is 5. The Labute approximate surface area is 137 Å². The molecule has 2 aromatic carbocycles. The van der Waals surface area contributed by atoms with Gasteiger partial charge in [0, 0.05) is 18.2 Å². The van der Waals surface area contributed by atoms with Crippen molar-refractivity contribution in [1.82, 2.24) is 5.32 Å². The molecule has 24 heavy (non-hydrogen) atoms. The molecule has 0 aliphatic heterocycles. The lowest BCUT2D eigenvalue weighted by Crippen LogP contribution is -2.27. The van der Waals surface area contributed by atoms with Gasteiger partial charge in [-0.1, -0.05) is 30.3 Å². The number of nitro groups is 2. The number of non-ortho nitro benzene ring substituents is 1. The third-order valence-electron chi connectivity index (χ3n) is 3.41. The van der Waals surface area contributed by atoms with E-state index in [1.165, 1.54) is 6.07 Å². The molecular weight excluding hydrogens is 314 g/mol. The molecule has 0 atom stereocenters. The third kappa shape index (κ3) is 4.60. The number of hydrogen-bond donors (Lipinski definition) is 1. The van der Waals surface area contributed by atoms with Crippen LogP contribution in [0, 0.1) is 20.2 Å². The molecule has 0 radical (unpaired) electrons. The van der Waals surface area contributed by atoms with Gasteiger partial charge in [0.25, 0.3) is 11.4 Å². The molecule has 2 rings (SSSR count). The topological polar surface area (TPSA) is 115 Å². The molecule has 2 aromatic rings. The highest BCUT2D eigenvalue weighted by Crippen LogP contribution is 2.24. The number of amides is 1. The Morgan fingerprint density at radius 3 is 2.33 bits per heavy atom. The Morgan fingerprint density at radius 1 is 1.00 bits per heavy atom. The van der Waals surface area contributed by atoms with Gasteiger partial charge in [0.1, 0.15) is 0 Å². The number of nitro benzene ring substituents is 2. The number of benzene rings is 2. The third-order valence-corrected chi connectivity index (χ3v) is 3.41. The number of rotatable bonds is 7. The molecule has 1 amide bonds. The molecule has 124 valence electrons. The second-order valence-electron chi connectivity index (χ2n) is 5.09. The van der Waals surface area contributed by atoms with E-state index in [1.54, 1.807) is 0 Å². The summed E-state index contributed by atoms with van der Waals surface area (Å²) in [5, 5.41) is 24.4. The van der Waals surface area contributed by atoms with Gasteiger partial charge in [-0.25, -0.2) is 0 Å². The summed E-state index contributed by atoms with van der Waals surface area (Å²) in [7, 11) is 0. The van der Waals surface area contributed by atoms with Crippen molar-refractivity contribution in [2.75, 3.05) is 6.54 Å². The smallest absolute Gasteiger partial charge is 0.279 e. The molecule has 1 N–H and O–H groups in total. The quantitative estimate of drug-likeness (QED) is 0.618. The van der Waals surface area contributed by atoms with Crippen LogP contribution in [0.1, 0.15) is 11.1 Å². The molecule has 0 heterocycles. The Balaban J connectivity index is 1.98. The van der Waals surface area contributed by atoms with E-state index in [-0.39, 0.29) is 23.6 Å². The van der Waals surface area contributed by atoms with Crippen molar-refractivity contribution in [3.05, 3.63) is 79.9 Å². The molecule has 0 bridgehead atoms. The molecule has 0 saturated heterocycles. The monoisotopic (exact) mass is 329 g/mol. The van der Waals surface area contributed by atoms with Crippen LogP contribution in [0.15, 0.2) is 48.5 Å². The zero-order valence-electron chi connectivity index (χ0n) is 12.7. The van der Waals surface area contributed by atoms with Gasteiger partial charge in [-0.05, 0) is 18.1 Å². The Morgan fingerprint density at radius 2 is 1.71 bits per heavy atom. The lowest BCUT2D eigenvalue weighted by molar-refractivity contribution is -0.394. The van der Waals surface area contributed by atoms with Gasteiger partial charge in [-0.2, -0.15) is 0 Å². The lowest BCUT2D eigenvalue weighted by Gasteiger charge is -2.06. The Kier molecular flexibility index (Phi) is 5.56. The highest BCUT2D eigenvalue weighted by molar-refractivity contribution is 5.80. The summed E-state index contributed by atoms with van der Waals surface area (Å²) >= 11 is 0. The summed E-state index contributed by atoms with van der Waals surface area (Å²) < 4.78 is 0. The van der Waals surface area contributed by atoms with Gasteiger partial charge in [0.15, 0.2) is 0 Å². The van der Waals surface area contributed by atoms with Crippen LogP contribution in [0.4, 0.5) is 11.4 Å². The fourth-order valence-electron chi connectivity index (χ4n) is 2.21. The number of carbonyl (C=O) groups is 1. The standard InChI is InChI=1S/C16H15N3O5/c20-16(17-9-8-12-4-2-1-3-5-12)10-13-6-7-14(18(21)22)11-15(13)19(23)24/h1-7,11H,8-10H2,(H,17,20). The minimum absolute atomic E-state index is 0.141. The maximum absolute atomic E-state index is 11.9. The summed E-state index contributed by atoms with van der Waals surface area (Å²) in [5.74, 6) is -0.372. The molecule has 0 aromatic heterocycles. The molecule has 0 saturated carbocycles. The van der Waals surface area contributed by atoms with Gasteiger partial charge in [0.2, 0.25) is 5.91 Å². The van der Waals surface area contributed by atoms with E-state index < -0.39 is 15.5 Å². The first kappa shape index (κ1) is 17.1. The molecule has 0 aliphatic carbocycles. The number of nitrogens with one attached hydrogen (secondary N) is 1. The van der Waals surface area contributed by atoms with Crippen LogP contribution < -0.4 is 5.32 Å². The molecule has 0 fully saturated rings. The van der Waals surface area contributed by atoms with Crippen molar-refractivity contribution in [3.8, 4) is 0 Å². The van der Waals surface area contributed by atoms with Gasteiger partial charge >= 0.3 is 0 Å². The number of nitrogens with zero attached hydrogens (tertiary/aromatic N) is 2. The molecule has 0 spiro atoms. The zero-order valence-corrected chi connectivity index (χ0v) is 12.7. The molecular formula is C16H15N3O5. The predicted octanol–water partition coefficient (Wildman–Crippen LogP) is 2.40.